The first-order valence-electron chi connectivity index (χ1n) is 4.15. The zero-order chi connectivity index (χ0) is 9.52. The largest absolute Gasteiger partial charge is 0.384 e. The van der Waals surface area contributed by atoms with Gasteiger partial charge in [-0.1, -0.05) is 41.7 Å². The van der Waals surface area contributed by atoms with E-state index in [9.17, 15) is 0 Å². The molecule has 1 aromatic rings. The summed E-state index contributed by atoms with van der Waals surface area (Å²) < 4.78 is 0. The number of aryl methyl sites for hydroxylation is 1. The SMILES string of the molecule is Cc1ccc(/C=C/C#CCO)cc1. The minimum Gasteiger partial charge on any atom is -0.384 e. The van der Waals surface area contributed by atoms with Crippen molar-refractivity contribution in [3.8, 4) is 11.8 Å². The number of hydrogen-bond donors (Lipinski definition) is 1. The molecule has 0 aliphatic carbocycles. The third kappa shape index (κ3) is 3.59. The van der Waals surface area contributed by atoms with E-state index < -0.39 is 0 Å². The molecule has 0 unspecified atom stereocenters. The highest BCUT2D eigenvalue weighted by Crippen LogP contribution is 2.04. The fourth-order valence-electron chi connectivity index (χ4n) is 0.920. The van der Waals surface area contributed by atoms with Gasteiger partial charge < -0.3 is 5.11 Å². The minimum absolute atomic E-state index is 0.0851. The van der Waals surface area contributed by atoms with E-state index in [0.717, 1.165) is 5.56 Å². The smallest absolute Gasteiger partial charge is 0.104 e. The second-order valence-corrected chi connectivity index (χ2v) is 2.72. The van der Waals surface area contributed by atoms with Crippen LogP contribution in [0.4, 0.5) is 0 Å². The first kappa shape index (κ1) is 9.57. The number of aliphatic hydroxyl groups excluding tert-OH is 1. The van der Waals surface area contributed by atoms with Crippen LogP contribution in [0.25, 0.3) is 6.08 Å². The molecule has 0 amide bonds. The summed E-state index contributed by atoms with van der Waals surface area (Å²) >= 11 is 0. The highest BCUT2D eigenvalue weighted by molar-refractivity contribution is 5.52. The van der Waals surface area contributed by atoms with Gasteiger partial charge in [-0.15, -0.1) is 0 Å². The Labute approximate surface area is 78.7 Å². The van der Waals surface area contributed by atoms with Gasteiger partial charge in [0.25, 0.3) is 0 Å². The summed E-state index contributed by atoms with van der Waals surface area (Å²) in [7, 11) is 0. The summed E-state index contributed by atoms with van der Waals surface area (Å²) in [5, 5.41) is 8.39. The van der Waals surface area contributed by atoms with E-state index >= 15 is 0 Å². The maximum atomic E-state index is 8.39. The molecule has 1 heteroatoms. The number of allylic oxidation sites excluding steroid dienone is 1. The van der Waals surface area contributed by atoms with Gasteiger partial charge in [-0.2, -0.15) is 0 Å². The lowest BCUT2D eigenvalue weighted by atomic mass is 10.1. The predicted octanol–water partition coefficient (Wildman–Crippen LogP) is 2.00. The van der Waals surface area contributed by atoms with E-state index in [4.69, 9.17) is 5.11 Å². The Balaban J connectivity index is 2.64. The average Bonchev–Trinajstić information content (AvgIpc) is 2.15. The van der Waals surface area contributed by atoms with Crippen LogP contribution in [-0.2, 0) is 0 Å². The first-order valence-corrected chi connectivity index (χ1v) is 4.15. The quantitative estimate of drug-likeness (QED) is 0.642. The lowest BCUT2D eigenvalue weighted by Crippen LogP contribution is -1.73. The van der Waals surface area contributed by atoms with Crippen LogP contribution in [0.5, 0.6) is 0 Å². The fraction of sp³-hybridized carbons (Fsp3) is 0.167. The minimum atomic E-state index is -0.0851. The third-order valence-corrected chi connectivity index (χ3v) is 1.62. The van der Waals surface area contributed by atoms with Gasteiger partial charge in [0.05, 0.1) is 0 Å². The van der Waals surface area contributed by atoms with Crippen molar-refractivity contribution in [2.75, 3.05) is 6.61 Å². The second kappa shape index (κ2) is 5.18. The van der Waals surface area contributed by atoms with E-state index in [0.29, 0.717) is 0 Å². The van der Waals surface area contributed by atoms with Gasteiger partial charge in [0.2, 0.25) is 0 Å². The maximum absolute atomic E-state index is 8.39. The van der Waals surface area contributed by atoms with E-state index in [-0.39, 0.29) is 6.61 Å². The van der Waals surface area contributed by atoms with Crippen molar-refractivity contribution in [1.29, 1.82) is 0 Å². The van der Waals surface area contributed by atoms with Crippen molar-refractivity contribution in [3.05, 3.63) is 41.5 Å². The molecule has 1 aromatic carbocycles. The predicted molar refractivity (Wildman–Crippen MR) is 55.1 cm³/mol. The van der Waals surface area contributed by atoms with Gasteiger partial charge in [-0.25, -0.2) is 0 Å². The van der Waals surface area contributed by atoms with Crippen molar-refractivity contribution < 1.29 is 5.11 Å². The van der Waals surface area contributed by atoms with E-state index in [1.165, 1.54) is 5.56 Å². The van der Waals surface area contributed by atoms with Gasteiger partial charge in [-0.3, -0.25) is 0 Å². The monoisotopic (exact) mass is 172 g/mol. The molecule has 66 valence electrons. The summed E-state index contributed by atoms with van der Waals surface area (Å²) in [6.07, 6.45) is 3.66. The van der Waals surface area contributed by atoms with Crippen molar-refractivity contribution >= 4 is 6.08 Å². The van der Waals surface area contributed by atoms with Gasteiger partial charge in [0, 0.05) is 0 Å². The van der Waals surface area contributed by atoms with Crippen molar-refractivity contribution in [2.24, 2.45) is 0 Å². The molecule has 1 nitrogen and oxygen atoms in total. The van der Waals surface area contributed by atoms with Crippen LogP contribution in [0.1, 0.15) is 11.1 Å². The second-order valence-electron chi connectivity index (χ2n) is 2.72. The van der Waals surface area contributed by atoms with Gasteiger partial charge in [0.15, 0.2) is 0 Å². The standard InChI is InChI=1S/C12H12O/c1-11-6-8-12(9-7-11)5-3-2-4-10-13/h3,5-9,13H,10H2,1H3/b5-3+. The summed E-state index contributed by atoms with van der Waals surface area (Å²) in [6, 6.07) is 8.18. The average molecular weight is 172 g/mol. The lowest BCUT2D eigenvalue weighted by Gasteiger charge is -1.92. The highest BCUT2D eigenvalue weighted by Gasteiger charge is 1.84. The number of benzene rings is 1. The van der Waals surface area contributed by atoms with Gasteiger partial charge in [0.1, 0.15) is 6.61 Å². The van der Waals surface area contributed by atoms with Crippen molar-refractivity contribution in [1.82, 2.24) is 0 Å². The van der Waals surface area contributed by atoms with Crippen molar-refractivity contribution in [2.45, 2.75) is 6.92 Å². The maximum Gasteiger partial charge on any atom is 0.104 e. The van der Waals surface area contributed by atoms with Crippen LogP contribution in [0, 0.1) is 18.8 Å². The fourth-order valence-corrected chi connectivity index (χ4v) is 0.920. The Hall–Kier alpha value is -1.52. The molecule has 0 atom stereocenters. The molecule has 0 heterocycles. The molecule has 1 rings (SSSR count). The van der Waals surface area contributed by atoms with Crippen LogP contribution in [0.2, 0.25) is 0 Å². The lowest BCUT2D eigenvalue weighted by molar-refractivity contribution is 0.350. The Bertz CT molecular complexity index is 336. The van der Waals surface area contributed by atoms with Crippen LogP contribution < -0.4 is 0 Å². The zero-order valence-corrected chi connectivity index (χ0v) is 7.62. The Morgan fingerprint density at radius 3 is 2.62 bits per heavy atom. The molecule has 0 aromatic heterocycles. The Morgan fingerprint density at radius 2 is 2.00 bits per heavy atom. The number of aliphatic hydroxyl groups is 1. The molecular weight excluding hydrogens is 160 g/mol. The van der Waals surface area contributed by atoms with Crippen LogP contribution in [0.3, 0.4) is 0 Å². The molecule has 0 aliphatic heterocycles. The summed E-state index contributed by atoms with van der Waals surface area (Å²) in [5.74, 6) is 5.27. The molecule has 0 radical (unpaired) electrons. The number of rotatable bonds is 1. The van der Waals surface area contributed by atoms with Crippen LogP contribution in [0.15, 0.2) is 30.3 Å². The number of hydrogen-bond acceptors (Lipinski definition) is 1. The molecule has 0 fully saturated rings. The van der Waals surface area contributed by atoms with E-state index in [2.05, 4.69) is 30.9 Å². The van der Waals surface area contributed by atoms with Crippen LogP contribution >= 0.6 is 0 Å². The molecule has 1 N–H and O–H groups in total. The van der Waals surface area contributed by atoms with E-state index in [1.807, 2.05) is 18.2 Å². The molecule has 0 saturated heterocycles. The molecule has 0 bridgehead atoms. The third-order valence-electron chi connectivity index (χ3n) is 1.62. The molecule has 0 spiro atoms. The molecule has 13 heavy (non-hydrogen) atoms. The summed E-state index contributed by atoms with van der Waals surface area (Å²) in [6.45, 7) is 1.97. The highest BCUT2D eigenvalue weighted by atomic mass is 16.2. The van der Waals surface area contributed by atoms with Gasteiger partial charge in [-0.05, 0) is 24.6 Å². The molecule has 0 saturated carbocycles. The van der Waals surface area contributed by atoms with Crippen molar-refractivity contribution in [3.63, 3.8) is 0 Å². The van der Waals surface area contributed by atoms with E-state index in [1.54, 1.807) is 6.08 Å². The molecule has 0 aliphatic rings. The topological polar surface area (TPSA) is 20.2 Å². The van der Waals surface area contributed by atoms with Gasteiger partial charge >= 0.3 is 0 Å². The van der Waals surface area contributed by atoms with Crippen LogP contribution in [-0.4, -0.2) is 11.7 Å². The zero-order valence-electron chi connectivity index (χ0n) is 7.62. The normalized spacial score (nSPS) is 9.69. The first-order chi connectivity index (χ1) is 6.33. The summed E-state index contributed by atoms with van der Waals surface area (Å²) in [4.78, 5) is 0. The Morgan fingerprint density at radius 1 is 1.31 bits per heavy atom. The Kier molecular flexibility index (Phi) is 3.81. The summed E-state index contributed by atoms with van der Waals surface area (Å²) in [5.41, 5.74) is 2.37. The molecular formula is C12H12O.